The number of hydrogen-bond donors (Lipinski definition) is 1. The van der Waals surface area contributed by atoms with Crippen LogP contribution in [0.2, 0.25) is 5.02 Å². The summed E-state index contributed by atoms with van der Waals surface area (Å²) < 4.78 is 6.57. The molecule has 0 saturated heterocycles. The Balaban J connectivity index is 2.07. The molecule has 0 aliphatic heterocycles. The first kappa shape index (κ1) is 12.3. The van der Waals surface area contributed by atoms with Gasteiger partial charge in [0.25, 0.3) is 0 Å². The number of hydrogen-bond acceptors (Lipinski definition) is 2. The molecule has 0 aliphatic rings. The van der Waals surface area contributed by atoms with Crippen LogP contribution >= 0.6 is 27.5 Å². The van der Waals surface area contributed by atoms with Gasteiger partial charge >= 0.3 is 0 Å². The van der Waals surface area contributed by atoms with Crippen molar-refractivity contribution in [2.75, 3.05) is 5.73 Å². The van der Waals surface area contributed by atoms with Crippen molar-refractivity contribution in [2.45, 2.75) is 6.61 Å². The molecular formula is C13H11BrClNO. The number of nitrogens with two attached hydrogens (primary N) is 1. The van der Waals surface area contributed by atoms with Gasteiger partial charge in [-0.05, 0) is 42.0 Å². The van der Waals surface area contributed by atoms with Crippen molar-refractivity contribution >= 4 is 33.2 Å². The highest BCUT2D eigenvalue weighted by Gasteiger charge is 1.99. The summed E-state index contributed by atoms with van der Waals surface area (Å²) >= 11 is 9.26. The van der Waals surface area contributed by atoms with E-state index in [9.17, 15) is 0 Å². The van der Waals surface area contributed by atoms with E-state index in [2.05, 4.69) is 15.9 Å². The Kier molecular flexibility index (Phi) is 3.92. The van der Waals surface area contributed by atoms with Crippen LogP contribution in [0.4, 0.5) is 5.69 Å². The van der Waals surface area contributed by atoms with Gasteiger partial charge in [-0.15, -0.1) is 0 Å². The maximum Gasteiger partial charge on any atom is 0.121 e. The minimum Gasteiger partial charge on any atom is -0.489 e. The summed E-state index contributed by atoms with van der Waals surface area (Å²) in [4.78, 5) is 0. The van der Waals surface area contributed by atoms with Crippen LogP contribution in [0.25, 0.3) is 0 Å². The summed E-state index contributed by atoms with van der Waals surface area (Å²) in [7, 11) is 0. The minimum atomic E-state index is 0.462. The smallest absolute Gasteiger partial charge is 0.121 e. The summed E-state index contributed by atoms with van der Waals surface area (Å²) in [5.74, 6) is 0.746. The predicted octanol–water partition coefficient (Wildman–Crippen LogP) is 4.26. The average Bonchev–Trinajstić information content (AvgIpc) is 2.25. The Morgan fingerprint density at radius 1 is 1.18 bits per heavy atom. The van der Waals surface area contributed by atoms with Gasteiger partial charge in [0.2, 0.25) is 0 Å². The molecule has 88 valence electrons. The van der Waals surface area contributed by atoms with E-state index in [-0.39, 0.29) is 0 Å². The molecule has 0 saturated carbocycles. The standard InChI is InChI=1S/C13H11BrClNO/c14-10-4-9(5-12(16)6-10)8-17-13-3-1-2-11(15)7-13/h1-7H,8,16H2. The van der Waals surface area contributed by atoms with Crippen LogP contribution in [0.5, 0.6) is 5.75 Å². The first-order valence-corrected chi connectivity index (χ1v) is 6.24. The molecule has 0 unspecified atom stereocenters. The van der Waals surface area contributed by atoms with E-state index in [0.29, 0.717) is 17.3 Å². The molecule has 4 heteroatoms. The van der Waals surface area contributed by atoms with Crippen molar-refractivity contribution in [3.05, 3.63) is 57.5 Å². The van der Waals surface area contributed by atoms with E-state index in [0.717, 1.165) is 15.8 Å². The number of ether oxygens (including phenoxy) is 1. The highest BCUT2D eigenvalue weighted by molar-refractivity contribution is 9.10. The van der Waals surface area contributed by atoms with E-state index < -0.39 is 0 Å². The molecule has 2 nitrogen and oxygen atoms in total. The van der Waals surface area contributed by atoms with Gasteiger partial charge in [0, 0.05) is 15.2 Å². The number of halogens is 2. The van der Waals surface area contributed by atoms with E-state index in [4.69, 9.17) is 22.1 Å². The Labute approximate surface area is 113 Å². The quantitative estimate of drug-likeness (QED) is 0.859. The summed E-state index contributed by atoms with van der Waals surface area (Å²) in [6.45, 7) is 0.462. The van der Waals surface area contributed by atoms with Gasteiger partial charge < -0.3 is 10.5 Å². The summed E-state index contributed by atoms with van der Waals surface area (Å²) in [6.07, 6.45) is 0. The topological polar surface area (TPSA) is 35.2 Å². The molecule has 0 fully saturated rings. The number of benzene rings is 2. The van der Waals surface area contributed by atoms with Crippen molar-refractivity contribution in [3.63, 3.8) is 0 Å². The fourth-order valence-corrected chi connectivity index (χ4v) is 2.22. The molecule has 0 aromatic heterocycles. The van der Waals surface area contributed by atoms with Gasteiger partial charge in [-0.25, -0.2) is 0 Å². The maximum atomic E-state index is 5.87. The zero-order chi connectivity index (χ0) is 12.3. The molecule has 2 N–H and O–H groups in total. The van der Waals surface area contributed by atoms with Crippen molar-refractivity contribution in [1.82, 2.24) is 0 Å². The SMILES string of the molecule is Nc1cc(Br)cc(COc2cccc(Cl)c2)c1. The lowest BCUT2D eigenvalue weighted by Gasteiger charge is -2.07. The molecule has 0 bridgehead atoms. The number of anilines is 1. The van der Waals surface area contributed by atoms with Crippen LogP contribution in [0.1, 0.15) is 5.56 Å². The molecule has 0 radical (unpaired) electrons. The molecule has 2 aromatic carbocycles. The first-order chi connectivity index (χ1) is 8.13. The summed E-state index contributed by atoms with van der Waals surface area (Å²) in [6, 6.07) is 13.0. The molecule has 0 heterocycles. The minimum absolute atomic E-state index is 0.462. The van der Waals surface area contributed by atoms with Gasteiger partial charge in [0.05, 0.1) is 0 Å². The van der Waals surface area contributed by atoms with E-state index in [1.165, 1.54) is 0 Å². The van der Waals surface area contributed by atoms with Crippen molar-refractivity contribution in [2.24, 2.45) is 0 Å². The van der Waals surface area contributed by atoms with E-state index >= 15 is 0 Å². The monoisotopic (exact) mass is 311 g/mol. The fourth-order valence-electron chi connectivity index (χ4n) is 1.48. The Bertz CT molecular complexity index is 510. The zero-order valence-electron chi connectivity index (χ0n) is 8.99. The van der Waals surface area contributed by atoms with E-state index in [1.807, 2.05) is 36.4 Å². The summed E-state index contributed by atoms with van der Waals surface area (Å²) in [5, 5.41) is 0.663. The Morgan fingerprint density at radius 3 is 2.71 bits per heavy atom. The molecule has 0 amide bonds. The number of nitrogen functional groups attached to an aromatic ring is 1. The lowest BCUT2D eigenvalue weighted by molar-refractivity contribution is 0.306. The molecule has 0 atom stereocenters. The third-order valence-electron chi connectivity index (χ3n) is 2.18. The predicted molar refractivity (Wildman–Crippen MR) is 74.3 cm³/mol. The zero-order valence-corrected chi connectivity index (χ0v) is 11.3. The Morgan fingerprint density at radius 2 is 2.00 bits per heavy atom. The molecule has 2 aromatic rings. The van der Waals surface area contributed by atoms with Crippen LogP contribution in [0.3, 0.4) is 0 Å². The van der Waals surface area contributed by atoms with Crippen LogP contribution in [0, 0.1) is 0 Å². The Hall–Kier alpha value is -1.19. The molecular weight excluding hydrogens is 302 g/mol. The molecule has 0 aliphatic carbocycles. The first-order valence-electron chi connectivity index (χ1n) is 5.07. The van der Waals surface area contributed by atoms with Gasteiger partial charge in [-0.1, -0.05) is 33.6 Å². The van der Waals surface area contributed by atoms with Gasteiger partial charge in [-0.3, -0.25) is 0 Å². The van der Waals surface area contributed by atoms with Crippen LogP contribution in [-0.4, -0.2) is 0 Å². The van der Waals surface area contributed by atoms with Crippen molar-refractivity contribution in [3.8, 4) is 5.75 Å². The highest BCUT2D eigenvalue weighted by atomic mass is 79.9. The number of rotatable bonds is 3. The normalized spacial score (nSPS) is 10.2. The van der Waals surface area contributed by atoms with Crippen LogP contribution < -0.4 is 10.5 Å². The molecule has 2 rings (SSSR count). The summed E-state index contributed by atoms with van der Waals surface area (Å²) in [5.41, 5.74) is 7.47. The molecule has 17 heavy (non-hydrogen) atoms. The average molecular weight is 313 g/mol. The lowest BCUT2D eigenvalue weighted by Crippen LogP contribution is -1.97. The second-order valence-electron chi connectivity index (χ2n) is 3.64. The highest BCUT2D eigenvalue weighted by Crippen LogP contribution is 2.21. The third kappa shape index (κ3) is 3.65. The van der Waals surface area contributed by atoms with Gasteiger partial charge in [-0.2, -0.15) is 0 Å². The second-order valence-corrected chi connectivity index (χ2v) is 4.99. The van der Waals surface area contributed by atoms with Crippen LogP contribution in [0.15, 0.2) is 46.9 Å². The van der Waals surface area contributed by atoms with E-state index in [1.54, 1.807) is 6.07 Å². The van der Waals surface area contributed by atoms with Crippen molar-refractivity contribution in [1.29, 1.82) is 0 Å². The van der Waals surface area contributed by atoms with Crippen molar-refractivity contribution < 1.29 is 4.74 Å². The largest absolute Gasteiger partial charge is 0.489 e. The van der Waals surface area contributed by atoms with Crippen LogP contribution in [-0.2, 0) is 6.61 Å². The van der Waals surface area contributed by atoms with Gasteiger partial charge in [0.15, 0.2) is 0 Å². The second kappa shape index (κ2) is 5.43. The third-order valence-corrected chi connectivity index (χ3v) is 2.87. The fraction of sp³-hybridized carbons (Fsp3) is 0.0769. The van der Waals surface area contributed by atoms with Gasteiger partial charge in [0.1, 0.15) is 12.4 Å². The lowest BCUT2D eigenvalue weighted by atomic mass is 10.2. The molecule has 0 spiro atoms. The maximum absolute atomic E-state index is 5.87.